The Morgan fingerprint density at radius 3 is 2.37 bits per heavy atom. The highest BCUT2D eigenvalue weighted by Crippen LogP contribution is 2.29. The highest BCUT2D eigenvalue weighted by atomic mass is 35.5. The van der Waals surface area contributed by atoms with Crippen LogP contribution in [0.25, 0.3) is 11.1 Å². The van der Waals surface area contributed by atoms with Crippen molar-refractivity contribution in [2.75, 3.05) is 51.6 Å². The van der Waals surface area contributed by atoms with Gasteiger partial charge < -0.3 is 20.7 Å². The van der Waals surface area contributed by atoms with Gasteiger partial charge in [0.2, 0.25) is 5.91 Å². The maximum absolute atomic E-state index is 12.6. The second-order valence-corrected chi connectivity index (χ2v) is 9.90. The molecule has 1 fully saturated rings. The first-order valence-electron chi connectivity index (χ1n) is 12.5. The number of hydrogen-bond acceptors (Lipinski definition) is 6. The Hall–Kier alpha value is -3.33. The van der Waals surface area contributed by atoms with Crippen molar-refractivity contribution in [1.82, 2.24) is 20.1 Å². The third kappa shape index (κ3) is 7.16. The molecule has 0 saturated carbocycles. The number of piperazine rings is 1. The first kappa shape index (κ1) is 27.7. The van der Waals surface area contributed by atoms with Crippen molar-refractivity contribution in [1.29, 1.82) is 0 Å². The van der Waals surface area contributed by atoms with Gasteiger partial charge in [-0.15, -0.1) is 0 Å². The van der Waals surface area contributed by atoms with Gasteiger partial charge >= 0.3 is 0 Å². The van der Waals surface area contributed by atoms with Crippen LogP contribution in [-0.2, 0) is 11.2 Å². The summed E-state index contributed by atoms with van der Waals surface area (Å²) in [5.74, 6) is 0.740. The van der Waals surface area contributed by atoms with E-state index in [4.69, 9.17) is 33.7 Å². The molecule has 1 aliphatic rings. The van der Waals surface area contributed by atoms with E-state index in [1.165, 1.54) is 0 Å². The van der Waals surface area contributed by atoms with Crippen LogP contribution in [0.1, 0.15) is 22.8 Å². The number of carbonyl (C=O) groups is 2. The molecule has 2 heterocycles. The molecular weight excluding hydrogens is 525 g/mol. The van der Waals surface area contributed by atoms with E-state index in [1.807, 2.05) is 23.1 Å². The fraction of sp³-hybridized carbons (Fsp3) is 0.321. The summed E-state index contributed by atoms with van der Waals surface area (Å²) in [7, 11) is 0. The topological polar surface area (TPSA) is 101 Å². The van der Waals surface area contributed by atoms with E-state index in [2.05, 4.69) is 15.2 Å². The molecule has 8 nitrogen and oxygen atoms in total. The number of rotatable bonds is 9. The molecule has 3 aromatic rings. The van der Waals surface area contributed by atoms with Gasteiger partial charge in [0.15, 0.2) is 11.6 Å². The normalized spacial score (nSPS) is 13.8. The molecule has 200 valence electrons. The van der Waals surface area contributed by atoms with Crippen molar-refractivity contribution in [3.63, 3.8) is 0 Å². The third-order valence-corrected chi connectivity index (χ3v) is 7.27. The molecule has 3 N–H and O–H groups in total. The van der Waals surface area contributed by atoms with E-state index >= 15 is 0 Å². The summed E-state index contributed by atoms with van der Waals surface area (Å²) >= 11 is 12.5. The molecule has 4 rings (SSSR count). The van der Waals surface area contributed by atoms with Gasteiger partial charge in [0.05, 0.1) is 6.61 Å². The Morgan fingerprint density at radius 1 is 1.03 bits per heavy atom. The quantitative estimate of drug-likeness (QED) is 0.411. The van der Waals surface area contributed by atoms with Crippen molar-refractivity contribution in [2.45, 2.75) is 13.3 Å². The summed E-state index contributed by atoms with van der Waals surface area (Å²) < 4.78 is 5.89. The van der Waals surface area contributed by atoms with Crippen molar-refractivity contribution in [3.8, 4) is 16.9 Å². The minimum Gasteiger partial charge on any atom is -0.489 e. The highest BCUT2D eigenvalue weighted by Gasteiger charge is 2.18. The van der Waals surface area contributed by atoms with Crippen LogP contribution in [0.4, 0.5) is 5.82 Å². The fourth-order valence-electron chi connectivity index (χ4n) is 4.29. The lowest BCUT2D eigenvalue weighted by molar-refractivity contribution is -0.130. The number of carbonyl (C=O) groups excluding carboxylic acids is 2. The third-order valence-electron chi connectivity index (χ3n) is 6.56. The Morgan fingerprint density at radius 2 is 1.71 bits per heavy atom. The molecule has 0 spiro atoms. The average Bonchev–Trinajstić information content (AvgIpc) is 2.91. The Balaban J connectivity index is 1.29. The number of pyridine rings is 1. The van der Waals surface area contributed by atoms with Crippen LogP contribution in [-0.4, -0.2) is 72.5 Å². The lowest BCUT2D eigenvalue weighted by atomic mass is 10.0. The van der Waals surface area contributed by atoms with Crippen LogP contribution in [0, 0.1) is 0 Å². The van der Waals surface area contributed by atoms with Gasteiger partial charge in [-0.05, 0) is 41.5 Å². The molecule has 0 bridgehead atoms. The molecule has 0 aliphatic carbocycles. The SMILES string of the molecule is CC(=O)N1CCN(CCNC(=O)c2ccc(-c3cnc(N)c(OCCc4c(Cl)cccc4Cl)c3)cc2)CC1. The summed E-state index contributed by atoms with van der Waals surface area (Å²) in [6.45, 7) is 6.32. The van der Waals surface area contributed by atoms with Crippen LogP contribution < -0.4 is 15.8 Å². The first-order chi connectivity index (χ1) is 18.3. The zero-order chi connectivity index (χ0) is 27.1. The van der Waals surface area contributed by atoms with Crippen LogP contribution in [0.15, 0.2) is 54.7 Å². The first-order valence-corrected chi connectivity index (χ1v) is 13.2. The Bertz CT molecular complexity index is 1260. The fourth-order valence-corrected chi connectivity index (χ4v) is 4.88. The number of hydrogen-bond donors (Lipinski definition) is 2. The molecule has 38 heavy (non-hydrogen) atoms. The smallest absolute Gasteiger partial charge is 0.251 e. The van der Waals surface area contributed by atoms with Crippen molar-refractivity contribution in [2.24, 2.45) is 0 Å². The van der Waals surface area contributed by atoms with Gasteiger partial charge in [-0.1, -0.05) is 41.4 Å². The predicted molar refractivity (Wildman–Crippen MR) is 151 cm³/mol. The Kier molecular flexibility index (Phi) is 9.44. The minimum absolute atomic E-state index is 0.110. The molecule has 0 atom stereocenters. The summed E-state index contributed by atoms with van der Waals surface area (Å²) in [5.41, 5.74) is 9.13. The average molecular weight is 556 g/mol. The molecule has 1 saturated heterocycles. The van der Waals surface area contributed by atoms with Crippen molar-refractivity contribution >= 4 is 40.8 Å². The van der Waals surface area contributed by atoms with Crippen molar-refractivity contribution in [3.05, 3.63) is 75.9 Å². The molecule has 2 amide bonds. The second kappa shape index (κ2) is 13.0. The number of nitrogens with one attached hydrogen (secondary N) is 1. The maximum Gasteiger partial charge on any atom is 0.251 e. The van der Waals surface area contributed by atoms with Gasteiger partial charge in [-0.2, -0.15) is 0 Å². The molecule has 10 heteroatoms. The van der Waals surface area contributed by atoms with E-state index in [9.17, 15) is 9.59 Å². The van der Waals surface area contributed by atoms with Crippen molar-refractivity contribution < 1.29 is 14.3 Å². The van der Waals surface area contributed by atoms with Gasteiger partial charge in [-0.3, -0.25) is 14.5 Å². The molecular formula is C28H31Cl2N5O3. The number of ether oxygens (including phenoxy) is 1. The van der Waals surface area contributed by atoms with E-state index in [0.717, 1.165) is 49.4 Å². The number of benzene rings is 2. The monoisotopic (exact) mass is 555 g/mol. The van der Waals surface area contributed by atoms with E-state index in [1.54, 1.807) is 43.5 Å². The van der Waals surface area contributed by atoms with Gasteiger partial charge in [0, 0.05) is 80.0 Å². The predicted octanol–water partition coefficient (Wildman–Crippen LogP) is 4.15. The number of amides is 2. The largest absolute Gasteiger partial charge is 0.489 e. The number of nitrogen functional groups attached to an aromatic ring is 1. The molecule has 0 radical (unpaired) electrons. The number of halogens is 2. The van der Waals surface area contributed by atoms with E-state index in [0.29, 0.717) is 40.9 Å². The molecule has 1 aliphatic heterocycles. The van der Waals surface area contributed by atoms with Gasteiger partial charge in [0.1, 0.15) is 0 Å². The van der Waals surface area contributed by atoms with E-state index in [-0.39, 0.29) is 17.6 Å². The summed E-state index contributed by atoms with van der Waals surface area (Å²) in [5, 5.41) is 4.16. The number of nitrogens with zero attached hydrogens (tertiary/aromatic N) is 3. The highest BCUT2D eigenvalue weighted by molar-refractivity contribution is 6.36. The molecule has 2 aromatic carbocycles. The standard InChI is InChI=1S/C28H31Cl2N5O3/c1-19(36)35-14-12-34(13-15-35)11-10-32-28(37)21-7-5-20(6-8-21)22-17-26(27(31)33-18-22)38-16-9-23-24(29)3-2-4-25(23)30/h2-8,17-18H,9-16H2,1H3,(H2,31,33)(H,32,37). The summed E-state index contributed by atoms with van der Waals surface area (Å²) in [6.07, 6.45) is 2.20. The summed E-state index contributed by atoms with van der Waals surface area (Å²) in [6, 6.07) is 14.5. The van der Waals surface area contributed by atoms with Gasteiger partial charge in [0.25, 0.3) is 5.91 Å². The van der Waals surface area contributed by atoms with Crippen LogP contribution in [0.2, 0.25) is 10.0 Å². The summed E-state index contributed by atoms with van der Waals surface area (Å²) in [4.78, 5) is 32.4. The number of anilines is 1. The zero-order valence-electron chi connectivity index (χ0n) is 21.3. The molecule has 1 aromatic heterocycles. The van der Waals surface area contributed by atoms with Crippen LogP contribution >= 0.6 is 23.2 Å². The second-order valence-electron chi connectivity index (χ2n) is 9.09. The number of aromatic nitrogens is 1. The zero-order valence-corrected chi connectivity index (χ0v) is 22.8. The van der Waals surface area contributed by atoms with Crippen LogP contribution in [0.5, 0.6) is 5.75 Å². The Labute approximate surface area is 232 Å². The molecule has 0 unspecified atom stereocenters. The van der Waals surface area contributed by atoms with Crippen LogP contribution in [0.3, 0.4) is 0 Å². The van der Waals surface area contributed by atoms with E-state index < -0.39 is 0 Å². The maximum atomic E-state index is 12.6. The number of nitrogens with two attached hydrogens (primary N) is 1. The lowest BCUT2D eigenvalue weighted by Gasteiger charge is -2.34. The van der Waals surface area contributed by atoms with Gasteiger partial charge in [-0.25, -0.2) is 4.98 Å². The minimum atomic E-state index is -0.128. The lowest BCUT2D eigenvalue weighted by Crippen LogP contribution is -2.49.